The van der Waals surface area contributed by atoms with Gasteiger partial charge in [0.05, 0.1) is 11.1 Å². The maximum Gasteiger partial charge on any atom is 0.0577 e. The van der Waals surface area contributed by atoms with Gasteiger partial charge >= 0.3 is 0 Å². The Labute approximate surface area is 140 Å². The Hall–Kier alpha value is -0.830. The van der Waals surface area contributed by atoms with Crippen molar-refractivity contribution in [3.05, 3.63) is 68.7 Å². The van der Waals surface area contributed by atoms with Crippen molar-refractivity contribution in [2.24, 2.45) is 0 Å². The molecule has 0 radical (unpaired) electrons. The molecule has 112 valence electrons. The summed E-state index contributed by atoms with van der Waals surface area (Å²) >= 11 is 9.72. The summed E-state index contributed by atoms with van der Waals surface area (Å²) in [6.07, 6.45) is 2.16. The Balaban J connectivity index is 2.38. The molecule has 1 unspecified atom stereocenters. The van der Waals surface area contributed by atoms with Crippen LogP contribution in [0.1, 0.15) is 43.0 Å². The van der Waals surface area contributed by atoms with Crippen LogP contribution in [0.5, 0.6) is 0 Å². The summed E-state index contributed by atoms with van der Waals surface area (Å²) in [5.74, 6) is 0. The number of hydrogen-bond donors (Lipinski definition) is 1. The summed E-state index contributed by atoms with van der Waals surface area (Å²) in [5.41, 5.74) is 3.85. The van der Waals surface area contributed by atoms with Crippen molar-refractivity contribution >= 4 is 27.5 Å². The third kappa shape index (κ3) is 4.32. The van der Waals surface area contributed by atoms with Crippen molar-refractivity contribution in [2.75, 3.05) is 6.54 Å². The molecular formula is C18H21BrClN. The summed E-state index contributed by atoms with van der Waals surface area (Å²) in [6, 6.07) is 15.1. The van der Waals surface area contributed by atoms with Gasteiger partial charge in [-0.3, -0.25) is 0 Å². The molecule has 1 nitrogen and oxygen atoms in total. The predicted octanol–water partition coefficient (Wildman–Crippen LogP) is 5.75. The van der Waals surface area contributed by atoms with Gasteiger partial charge in [-0.15, -0.1) is 0 Å². The number of benzene rings is 2. The molecule has 21 heavy (non-hydrogen) atoms. The van der Waals surface area contributed by atoms with Gasteiger partial charge in [-0.25, -0.2) is 0 Å². The molecule has 0 bridgehead atoms. The van der Waals surface area contributed by atoms with Crippen molar-refractivity contribution in [2.45, 2.75) is 32.7 Å². The number of aryl methyl sites for hydroxylation is 1. The average molecular weight is 367 g/mol. The van der Waals surface area contributed by atoms with Crippen LogP contribution in [0.4, 0.5) is 0 Å². The Kier molecular flexibility index (Phi) is 6.28. The van der Waals surface area contributed by atoms with Gasteiger partial charge in [0.1, 0.15) is 0 Å². The third-order valence-corrected chi connectivity index (χ3v) is 4.80. The van der Waals surface area contributed by atoms with Gasteiger partial charge in [0.25, 0.3) is 0 Å². The molecule has 0 aliphatic carbocycles. The van der Waals surface area contributed by atoms with E-state index < -0.39 is 0 Å². The largest absolute Gasteiger partial charge is 0.306 e. The van der Waals surface area contributed by atoms with Crippen LogP contribution in [0.3, 0.4) is 0 Å². The highest BCUT2D eigenvalue weighted by molar-refractivity contribution is 9.10. The molecule has 0 amide bonds. The maximum atomic E-state index is 6.26. The van der Waals surface area contributed by atoms with Gasteiger partial charge in [0.15, 0.2) is 0 Å². The highest BCUT2D eigenvalue weighted by atomic mass is 79.9. The van der Waals surface area contributed by atoms with E-state index in [4.69, 9.17) is 11.6 Å². The van der Waals surface area contributed by atoms with Gasteiger partial charge in [0, 0.05) is 4.47 Å². The lowest BCUT2D eigenvalue weighted by molar-refractivity contribution is 0.598. The summed E-state index contributed by atoms with van der Waals surface area (Å²) < 4.78 is 0.935. The molecule has 0 aliphatic rings. The lowest BCUT2D eigenvalue weighted by Crippen LogP contribution is -2.23. The fourth-order valence-electron chi connectivity index (χ4n) is 2.40. The smallest absolute Gasteiger partial charge is 0.0577 e. The Morgan fingerprint density at radius 3 is 2.52 bits per heavy atom. The fourth-order valence-corrected chi connectivity index (χ4v) is 2.84. The van der Waals surface area contributed by atoms with Crippen LogP contribution in [0.25, 0.3) is 0 Å². The van der Waals surface area contributed by atoms with Crippen molar-refractivity contribution in [3.8, 4) is 0 Å². The molecule has 2 rings (SSSR count). The average Bonchev–Trinajstić information content (AvgIpc) is 2.51. The molecule has 0 saturated heterocycles. The molecule has 1 N–H and O–H groups in total. The van der Waals surface area contributed by atoms with Gasteiger partial charge in [-0.1, -0.05) is 55.8 Å². The molecule has 1 atom stereocenters. The summed E-state index contributed by atoms with van der Waals surface area (Å²) in [4.78, 5) is 0. The van der Waals surface area contributed by atoms with Crippen LogP contribution < -0.4 is 5.32 Å². The minimum Gasteiger partial charge on any atom is -0.306 e. The van der Waals surface area contributed by atoms with Crippen LogP contribution in [-0.2, 0) is 6.42 Å². The summed E-state index contributed by atoms with van der Waals surface area (Å²) in [6.45, 7) is 5.35. The van der Waals surface area contributed by atoms with E-state index >= 15 is 0 Å². The van der Waals surface area contributed by atoms with Crippen LogP contribution in [0.2, 0.25) is 5.02 Å². The van der Waals surface area contributed by atoms with E-state index in [1.807, 2.05) is 12.1 Å². The van der Waals surface area contributed by atoms with E-state index in [2.05, 4.69) is 65.4 Å². The van der Waals surface area contributed by atoms with E-state index in [9.17, 15) is 0 Å². The quantitative estimate of drug-likeness (QED) is 0.686. The van der Waals surface area contributed by atoms with Gasteiger partial charge in [0.2, 0.25) is 0 Å². The van der Waals surface area contributed by atoms with Crippen LogP contribution >= 0.6 is 27.5 Å². The van der Waals surface area contributed by atoms with Gasteiger partial charge < -0.3 is 5.32 Å². The van der Waals surface area contributed by atoms with Crippen molar-refractivity contribution in [1.29, 1.82) is 0 Å². The summed E-state index contributed by atoms with van der Waals surface area (Å²) in [5, 5.41) is 4.38. The topological polar surface area (TPSA) is 12.0 Å². The highest BCUT2D eigenvalue weighted by Crippen LogP contribution is 2.29. The Bertz CT molecular complexity index is 598. The normalized spacial score (nSPS) is 12.4. The maximum absolute atomic E-state index is 6.26. The highest BCUT2D eigenvalue weighted by Gasteiger charge is 2.14. The second kappa shape index (κ2) is 7.98. The number of hydrogen-bond acceptors (Lipinski definition) is 1. The van der Waals surface area contributed by atoms with E-state index in [-0.39, 0.29) is 6.04 Å². The molecule has 0 spiro atoms. The minimum absolute atomic E-state index is 0.182. The number of halogens is 2. The monoisotopic (exact) mass is 365 g/mol. The zero-order valence-electron chi connectivity index (χ0n) is 12.5. The van der Waals surface area contributed by atoms with Crippen LogP contribution in [0, 0.1) is 0 Å². The zero-order chi connectivity index (χ0) is 15.2. The minimum atomic E-state index is 0.182. The van der Waals surface area contributed by atoms with E-state index in [0.717, 1.165) is 28.9 Å². The first-order valence-corrected chi connectivity index (χ1v) is 8.60. The first kappa shape index (κ1) is 16.5. The van der Waals surface area contributed by atoms with Gasteiger partial charge in [-0.2, -0.15) is 0 Å². The second-order valence-electron chi connectivity index (χ2n) is 5.16. The molecule has 0 heterocycles. The standard InChI is InChI=1S/C18H21BrClN/c1-3-10-21-18(14-7-5-6-13(4-2)11-14)15-8-9-16(19)17(20)12-15/h5-9,11-12,18,21H,3-4,10H2,1-2H3. The Morgan fingerprint density at radius 2 is 1.86 bits per heavy atom. The molecule has 0 fully saturated rings. The second-order valence-corrected chi connectivity index (χ2v) is 6.42. The first-order chi connectivity index (χ1) is 10.2. The van der Waals surface area contributed by atoms with E-state index in [0.29, 0.717) is 0 Å². The van der Waals surface area contributed by atoms with Crippen molar-refractivity contribution in [3.63, 3.8) is 0 Å². The molecule has 3 heteroatoms. The first-order valence-electron chi connectivity index (χ1n) is 7.42. The van der Waals surface area contributed by atoms with Crippen molar-refractivity contribution in [1.82, 2.24) is 5.32 Å². The molecule has 2 aromatic rings. The lowest BCUT2D eigenvalue weighted by atomic mass is 9.96. The molecule has 0 saturated carbocycles. The molecule has 0 aliphatic heterocycles. The van der Waals surface area contributed by atoms with Crippen LogP contribution in [-0.4, -0.2) is 6.54 Å². The predicted molar refractivity (Wildman–Crippen MR) is 95.1 cm³/mol. The van der Waals surface area contributed by atoms with Crippen molar-refractivity contribution < 1.29 is 0 Å². The van der Waals surface area contributed by atoms with E-state index in [1.165, 1.54) is 16.7 Å². The fraction of sp³-hybridized carbons (Fsp3) is 0.333. The van der Waals surface area contributed by atoms with Crippen LogP contribution in [0.15, 0.2) is 46.9 Å². The van der Waals surface area contributed by atoms with E-state index in [1.54, 1.807) is 0 Å². The third-order valence-electron chi connectivity index (χ3n) is 3.57. The summed E-state index contributed by atoms with van der Waals surface area (Å²) in [7, 11) is 0. The molecular weight excluding hydrogens is 346 g/mol. The van der Waals surface area contributed by atoms with Gasteiger partial charge in [-0.05, 0) is 64.1 Å². The Morgan fingerprint density at radius 1 is 1.10 bits per heavy atom. The molecule has 0 aromatic heterocycles. The molecule has 2 aromatic carbocycles. The lowest BCUT2D eigenvalue weighted by Gasteiger charge is -2.21. The number of nitrogens with one attached hydrogen (secondary N) is 1. The number of rotatable bonds is 6. The zero-order valence-corrected chi connectivity index (χ0v) is 14.8. The SMILES string of the molecule is CCCNC(c1cccc(CC)c1)c1ccc(Br)c(Cl)c1.